The van der Waals surface area contributed by atoms with E-state index in [9.17, 15) is 4.79 Å². The fraction of sp³-hybridized carbons (Fsp3) is 0.448. The van der Waals surface area contributed by atoms with Crippen molar-refractivity contribution in [1.29, 1.82) is 0 Å². The van der Waals surface area contributed by atoms with Crippen LogP contribution in [0.5, 0.6) is 0 Å². The smallest absolute Gasteiger partial charge is 0.252 e. The van der Waals surface area contributed by atoms with E-state index < -0.39 is 0 Å². The quantitative estimate of drug-likeness (QED) is 0.341. The Balaban J connectivity index is 1.52. The van der Waals surface area contributed by atoms with E-state index >= 15 is 0 Å². The van der Waals surface area contributed by atoms with Crippen LogP contribution in [-0.4, -0.2) is 36.1 Å². The minimum absolute atomic E-state index is 0.00660. The zero-order valence-electron chi connectivity index (χ0n) is 21.6. The van der Waals surface area contributed by atoms with Crippen molar-refractivity contribution in [2.24, 2.45) is 0 Å². The molecule has 0 radical (unpaired) electrons. The summed E-state index contributed by atoms with van der Waals surface area (Å²) >= 11 is 0. The van der Waals surface area contributed by atoms with E-state index in [-0.39, 0.29) is 11.6 Å². The minimum Gasteiger partial charge on any atom is -0.322 e. The van der Waals surface area contributed by atoms with Crippen LogP contribution in [0, 0.1) is 13.8 Å². The summed E-state index contributed by atoms with van der Waals surface area (Å²) in [5, 5.41) is 14.1. The van der Waals surface area contributed by atoms with Crippen LogP contribution in [0.4, 0.5) is 0 Å². The standard InChI is InChI=1S/C29H36N6O/c1-4-10-27(28-31-32-33-35(28)18-22-11-6-5-7-12-22)34(25-13-8-9-14-25)19-24-17-23-15-20(2)21(3)16-26(23)30-29(24)36/h5-7,11-12,15-17,25,27H,4,8-10,13-14,18-19H2,1-3H3,(H,30,36). The molecule has 4 aromatic rings. The molecule has 0 bridgehead atoms. The van der Waals surface area contributed by atoms with Gasteiger partial charge in [-0.3, -0.25) is 9.69 Å². The molecular weight excluding hydrogens is 448 g/mol. The van der Waals surface area contributed by atoms with E-state index in [2.05, 4.69) is 76.5 Å². The van der Waals surface area contributed by atoms with Crippen LogP contribution >= 0.6 is 0 Å². The van der Waals surface area contributed by atoms with Gasteiger partial charge in [0, 0.05) is 23.7 Å². The van der Waals surface area contributed by atoms with Crippen LogP contribution < -0.4 is 5.56 Å². The van der Waals surface area contributed by atoms with Gasteiger partial charge in [0.1, 0.15) is 0 Å². The predicted molar refractivity (Wildman–Crippen MR) is 143 cm³/mol. The molecule has 1 aliphatic carbocycles. The number of aromatic amines is 1. The van der Waals surface area contributed by atoms with Crippen molar-refractivity contribution in [3.05, 3.63) is 87.0 Å². The number of aromatic nitrogens is 5. The van der Waals surface area contributed by atoms with Crippen LogP contribution in [0.25, 0.3) is 10.9 Å². The number of rotatable bonds is 9. The van der Waals surface area contributed by atoms with Gasteiger partial charge in [0.25, 0.3) is 5.56 Å². The first kappa shape index (κ1) is 24.4. The SMILES string of the molecule is CCCC(c1nnnn1Cc1ccccc1)N(Cc1cc2cc(C)c(C)cc2[nH]c1=O)C1CCCC1. The van der Waals surface area contributed by atoms with Crippen LogP contribution in [0.1, 0.15) is 79.6 Å². The maximum absolute atomic E-state index is 13.2. The number of nitrogens with zero attached hydrogens (tertiary/aromatic N) is 5. The molecule has 7 heteroatoms. The zero-order valence-corrected chi connectivity index (χ0v) is 21.6. The summed E-state index contributed by atoms with van der Waals surface area (Å²) in [6.07, 6.45) is 6.69. The molecule has 1 fully saturated rings. The molecular formula is C29H36N6O. The highest BCUT2D eigenvalue weighted by molar-refractivity contribution is 5.80. The van der Waals surface area contributed by atoms with Gasteiger partial charge < -0.3 is 4.98 Å². The van der Waals surface area contributed by atoms with Crippen molar-refractivity contribution in [3.8, 4) is 0 Å². The lowest BCUT2D eigenvalue weighted by Crippen LogP contribution is -2.39. The molecule has 1 atom stereocenters. The topological polar surface area (TPSA) is 79.7 Å². The van der Waals surface area contributed by atoms with Gasteiger partial charge >= 0.3 is 0 Å². The molecule has 2 heterocycles. The summed E-state index contributed by atoms with van der Waals surface area (Å²) in [7, 11) is 0. The number of aryl methyl sites for hydroxylation is 2. The molecule has 36 heavy (non-hydrogen) atoms. The first-order valence-corrected chi connectivity index (χ1v) is 13.2. The Bertz CT molecular complexity index is 1370. The molecule has 1 saturated carbocycles. The van der Waals surface area contributed by atoms with E-state index in [1.165, 1.54) is 29.5 Å². The van der Waals surface area contributed by atoms with Gasteiger partial charge in [0.2, 0.25) is 0 Å². The number of hydrogen-bond acceptors (Lipinski definition) is 5. The van der Waals surface area contributed by atoms with Crippen molar-refractivity contribution in [1.82, 2.24) is 30.1 Å². The number of hydrogen-bond donors (Lipinski definition) is 1. The summed E-state index contributed by atoms with van der Waals surface area (Å²) in [6, 6.07) is 17.1. The number of fused-ring (bicyclic) bond motifs is 1. The third kappa shape index (κ3) is 5.12. The highest BCUT2D eigenvalue weighted by Gasteiger charge is 2.33. The fourth-order valence-electron chi connectivity index (χ4n) is 5.60. The summed E-state index contributed by atoms with van der Waals surface area (Å²) in [5.41, 5.74) is 5.29. The van der Waals surface area contributed by atoms with Crippen molar-refractivity contribution in [3.63, 3.8) is 0 Å². The van der Waals surface area contributed by atoms with E-state index in [0.717, 1.165) is 48.0 Å². The normalized spacial score (nSPS) is 15.2. The Kier molecular flexibility index (Phi) is 7.28. The first-order chi connectivity index (χ1) is 17.5. The molecule has 0 spiro atoms. The molecule has 0 aliphatic heterocycles. The number of benzene rings is 2. The molecule has 0 saturated heterocycles. The molecule has 1 aliphatic rings. The average Bonchev–Trinajstić information content (AvgIpc) is 3.56. The average molecular weight is 485 g/mol. The lowest BCUT2D eigenvalue weighted by atomic mass is 10.0. The molecule has 0 amide bonds. The van der Waals surface area contributed by atoms with Gasteiger partial charge in [-0.25, -0.2) is 4.68 Å². The first-order valence-electron chi connectivity index (χ1n) is 13.2. The Morgan fingerprint density at radius 3 is 2.58 bits per heavy atom. The number of pyridine rings is 1. The third-order valence-electron chi connectivity index (χ3n) is 7.68. The monoisotopic (exact) mass is 484 g/mol. The van der Waals surface area contributed by atoms with E-state index in [1.807, 2.05) is 22.9 Å². The highest BCUT2D eigenvalue weighted by atomic mass is 16.1. The third-order valence-corrected chi connectivity index (χ3v) is 7.68. The van der Waals surface area contributed by atoms with Gasteiger partial charge in [0.05, 0.1) is 12.6 Å². The minimum atomic E-state index is -0.00660. The maximum Gasteiger partial charge on any atom is 0.252 e. The largest absolute Gasteiger partial charge is 0.322 e. The molecule has 1 N–H and O–H groups in total. The summed E-state index contributed by atoms with van der Waals surface area (Å²) < 4.78 is 1.94. The lowest BCUT2D eigenvalue weighted by Gasteiger charge is -2.35. The molecule has 188 valence electrons. The molecule has 5 rings (SSSR count). The maximum atomic E-state index is 13.2. The molecule has 1 unspecified atom stereocenters. The number of nitrogens with one attached hydrogen (secondary N) is 1. The van der Waals surface area contributed by atoms with Crippen molar-refractivity contribution >= 4 is 10.9 Å². The predicted octanol–water partition coefficient (Wildman–Crippen LogP) is 5.47. The van der Waals surface area contributed by atoms with Gasteiger partial charge in [-0.05, 0) is 83.8 Å². The molecule has 7 nitrogen and oxygen atoms in total. The lowest BCUT2D eigenvalue weighted by molar-refractivity contribution is 0.108. The van der Waals surface area contributed by atoms with Crippen LogP contribution in [0.3, 0.4) is 0 Å². The second-order valence-electron chi connectivity index (χ2n) is 10.2. The molecule has 2 aromatic heterocycles. The van der Waals surface area contributed by atoms with Crippen molar-refractivity contribution in [2.45, 2.75) is 84.5 Å². The van der Waals surface area contributed by atoms with Gasteiger partial charge in [-0.2, -0.15) is 0 Å². The van der Waals surface area contributed by atoms with E-state index in [1.54, 1.807) is 0 Å². The van der Waals surface area contributed by atoms with Gasteiger partial charge in [-0.15, -0.1) is 5.10 Å². The Labute approximate surface area is 212 Å². The van der Waals surface area contributed by atoms with Crippen molar-refractivity contribution in [2.75, 3.05) is 0 Å². The number of H-pyrrole nitrogens is 1. The second kappa shape index (κ2) is 10.7. The Hall–Kier alpha value is -3.32. The van der Waals surface area contributed by atoms with Crippen LogP contribution in [0.15, 0.2) is 53.3 Å². The zero-order chi connectivity index (χ0) is 25.1. The highest BCUT2D eigenvalue weighted by Crippen LogP contribution is 2.34. The van der Waals surface area contributed by atoms with Crippen LogP contribution in [0.2, 0.25) is 0 Å². The van der Waals surface area contributed by atoms with E-state index in [4.69, 9.17) is 0 Å². The molecule has 2 aromatic carbocycles. The van der Waals surface area contributed by atoms with Crippen LogP contribution in [-0.2, 0) is 13.1 Å². The summed E-state index contributed by atoms with van der Waals surface area (Å²) in [4.78, 5) is 18.9. The Morgan fingerprint density at radius 1 is 1.08 bits per heavy atom. The van der Waals surface area contributed by atoms with Crippen molar-refractivity contribution < 1.29 is 0 Å². The summed E-state index contributed by atoms with van der Waals surface area (Å²) in [6.45, 7) is 7.63. The van der Waals surface area contributed by atoms with Gasteiger partial charge in [-0.1, -0.05) is 56.5 Å². The fourth-order valence-corrected chi connectivity index (χ4v) is 5.60. The van der Waals surface area contributed by atoms with E-state index in [0.29, 0.717) is 19.1 Å². The summed E-state index contributed by atoms with van der Waals surface area (Å²) in [5.74, 6) is 0.885. The second-order valence-corrected chi connectivity index (χ2v) is 10.2. The van der Waals surface area contributed by atoms with Gasteiger partial charge in [0.15, 0.2) is 5.82 Å². The Morgan fingerprint density at radius 2 is 1.83 bits per heavy atom. The number of tetrazole rings is 1.